The van der Waals surface area contributed by atoms with Crippen LogP contribution < -0.4 is 16.0 Å². The van der Waals surface area contributed by atoms with Crippen LogP contribution in [0.3, 0.4) is 0 Å². The van der Waals surface area contributed by atoms with Gasteiger partial charge in [0.15, 0.2) is 5.69 Å². The molecule has 3 aromatic rings. The Morgan fingerprint density at radius 2 is 1.91 bits per heavy atom. The maximum Gasteiger partial charge on any atom is 0.273 e. The topological polar surface area (TPSA) is 118 Å². The van der Waals surface area contributed by atoms with Gasteiger partial charge in [-0.2, -0.15) is 5.10 Å². The number of aryl methyl sites for hydroxylation is 2. The molecular formula is C25H25IN6O3. The predicted molar refractivity (Wildman–Crippen MR) is 138 cm³/mol. The molecule has 2 aromatic heterocycles. The van der Waals surface area contributed by atoms with E-state index >= 15 is 0 Å². The Morgan fingerprint density at radius 3 is 2.60 bits per heavy atom. The third kappa shape index (κ3) is 4.42. The summed E-state index contributed by atoms with van der Waals surface area (Å²) in [6, 6.07) is 11.5. The summed E-state index contributed by atoms with van der Waals surface area (Å²) in [4.78, 5) is 41.9. The Labute approximate surface area is 216 Å². The average Bonchev–Trinajstić information content (AvgIpc) is 3.09. The van der Waals surface area contributed by atoms with Crippen LogP contribution in [0.2, 0.25) is 0 Å². The van der Waals surface area contributed by atoms with Crippen molar-refractivity contribution in [3.05, 3.63) is 74.2 Å². The second-order valence-corrected chi connectivity index (χ2v) is 10.2. The zero-order valence-electron chi connectivity index (χ0n) is 19.4. The van der Waals surface area contributed by atoms with Crippen molar-refractivity contribution in [2.45, 2.75) is 44.2 Å². The summed E-state index contributed by atoms with van der Waals surface area (Å²) in [5.41, 5.74) is 3.05. The van der Waals surface area contributed by atoms with Crippen molar-refractivity contribution in [3.63, 3.8) is 0 Å². The fraction of sp³-hybridized carbons (Fsp3) is 0.320. The Kier molecular flexibility index (Phi) is 6.07. The highest BCUT2D eigenvalue weighted by Crippen LogP contribution is 2.42. The first-order valence-electron chi connectivity index (χ1n) is 11.4. The molecular weight excluding hydrogens is 559 g/mol. The van der Waals surface area contributed by atoms with Gasteiger partial charge in [-0.3, -0.25) is 19.1 Å². The van der Waals surface area contributed by atoms with Crippen LogP contribution in [0.1, 0.15) is 56.9 Å². The number of nitrogens with one attached hydrogen (secondary N) is 3. The highest BCUT2D eigenvalue weighted by atomic mass is 127. The molecule has 10 heteroatoms. The number of aromatic nitrogens is 3. The minimum absolute atomic E-state index is 0.0634. The lowest BCUT2D eigenvalue weighted by molar-refractivity contribution is -0.116. The number of nitrogens with zero attached hydrogens (tertiary/aromatic N) is 3. The van der Waals surface area contributed by atoms with E-state index < -0.39 is 5.54 Å². The van der Waals surface area contributed by atoms with E-state index in [9.17, 15) is 14.4 Å². The highest BCUT2D eigenvalue weighted by molar-refractivity contribution is 14.1. The molecule has 0 saturated heterocycles. The number of benzene rings is 1. The first kappa shape index (κ1) is 23.5. The SMILES string of the molecule is Cc1c(I)c(C(=O)NC2(c3ccccc3)CC(NC(=O)c3cnc4c(c3)CCC(=O)N4)C2)nn1C. The highest BCUT2D eigenvalue weighted by Gasteiger charge is 2.48. The minimum atomic E-state index is -0.594. The number of hydrogen-bond donors (Lipinski definition) is 3. The average molecular weight is 584 g/mol. The van der Waals surface area contributed by atoms with E-state index in [1.165, 1.54) is 6.20 Å². The fourth-order valence-electron chi connectivity index (χ4n) is 4.70. The summed E-state index contributed by atoms with van der Waals surface area (Å²) < 4.78 is 2.53. The van der Waals surface area contributed by atoms with E-state index in [1.807, 2.05) is 44.3 Å². The first-order chi connectivity index (χ1) is 16.8. The van der Waals surface area contributed by atoms with Crippen LogP contribution in [0.4, 0.5) is 5.82 Å². The Hall–Kier alpha value is -3.28. The molecule has 0 unspecified atom stereocenters. The van der Waals surface area contributed by atoms with Crippen molar-refractivity contribution in [2.24, 2.45) is 7.05 Å². The molecule has 9 nitrogen and oxygen atoms in total. The molecule has 3 heterocycles. The third-order valence-electron chi connectivity index (χ3n) is 6.79. The third-order valence-corrected chi connectivity index (χ3v) is 8.08. The number of halogens is 1. The van der Waals surface area contributed by atoms with E-state index in [4.69, 9.17) is 0 Å². The van der Waals surface area contributed by atoms with Crippen LogP contribution in [0, 0.1) is 10.5 Å². The quantitative estimate of drug-likeness (QED) is 0.399. The van der Waals surface area contributed by atoms with E-state index in [2.05, 4.69) is 48.6 Å². The molecule has 1 fully saturated rings. The molecule has 0 atom stereocenters. The van der Waals surface area contributed by atoms with Crippen LogP contribution in [0.5, 0.6) is 0 Å². The fourth-order valence-corrected chi connectivity index (χ4v) is 5.41. The Morgan fingerprint density at radius 1 is 1.17 bits per heavy atom. The Balaban J connectivity index is 1.31. The van der Waals surface area contributed by atoms with Gasteiger partial charge in [0.2, 0.25) is 5.91 Å². The van der Waals surface area contributed by atoms with Crippen molar-refractivity contribution in [1.82, 2.24) is 25.4 Å². The molecule has 0 bridgehead atoms. The molecule has 3 amide bonds. The lowest BCUT2D eigenvalue weighted by Gasteiger charge is -2.48. The number of amides is 3. The van der Waals surface area contributed by atoms with Gasteiger partial charge in [-0.05, 0) is 66.0 Å². The van der Waals surface area contributed by atoms with Crippen molar-refractivity contribution in [2.75, 3.05) is 5.32 Å². The van der Waals surface area contributed by atoms with E-state index in [0.717, 1.165) is 20.4 Å². The van der Waals surface area contributed by atoms with Crippen LogP contribution in [-0.2, 0) is 23.8 Å². The van der Waals surface area contributed by atoms with Gasteiger partial charge in [0.1, 0.15) is 5.82 Å². The monoisotopic (exact) mass is 584 g/mol. The van der Waals surface area contributed by atoms with Crippen LogP contribution in [-0.4, -0.2) is 38.5 Å². The van der Waals surface area contributed by atoms with Crippen LogP contribution in [0.15, 0.2) is 42.6 Å². The number of fused-ring (bicyclic) bond motifs is 1. The molecule has 0 radical (unpaired) electrons. The number of rotatable bonds is 5. The van der Waals surface area contributed by atoms with Crippen LogP contribution in [0.25, 0.3) is 0 Å². The molecule has 5 rings (SSSR count). The maximum atomic E-state index is 13.2. The van der Waals surface area contributed by atoms with Crippen molar-refractivity contribution < 1.29 is 14.4 Å². The van der Waals surface area contributed by atoms with E-state index in [0.29, 0.717) is 42.8 Å². The zero-order chi connectivity index (χ0) is 24.7. The number of carbonyl (C=O) groups is 3. The van der Waals surface area contributed by atoms with Gasteiger partial charge in [-0.1, -0.05) is 30.3 Å². The maximum absolute atomic E-state index is 13.2. The van der Waals surface area contributed by atoms with Gasteiger partial charge < -0.3 is 16.0 Å². The number of pyridine rings is 1. The Bertz CT molecular complexity index is 1330. The first-order valence-corrected chi connectivity index (χ1v) is 12.5. The molecule has 1 aliphatic heterocycles. The largest absolute Gasteiger partial charge is 0.349 e. The normalized spacial score (nSPS) is 20.9. The predicted octanol–water partition coefficient (Wildman–Crippen LogP) is 2.83. The van der Waals surface area contributed by atoms with Crippen molar-refractivity contribution >= 4 is 46.1 Å². The molecule has 2 aliphatic rings. The molecule has 35 heavy (non-hydrogen) atoms. The standard InChI is InChI=1S/C25H25IN6O3/c1-14-20(26)21(31-32(14)2)24(35)30-25(17-6-4-3-5-7-17)11-18(12-25)28-23(34)16-10-15-8-9-19(33)29-22(15)27-13-16/h3-7,10,13,18H,8-9,11-12H2,1-2H3,(H,28,34)(H,30,35)(H,27,29,33). The van der Waals surface area contributed by atoms with Gasteiger partial charge in [0.05, 0.1) is 14.7 Å². The summed E-state index contributed by atoms with van der Waals surface area (Å²) in [5, 5.41) is 13.4. The summed E-state index contributed by atoms with van der Waals surface area (Å²) in [6.45, 7) is 1.93. The van der Waals surface area contributed by atoms with Gasteiger partial charge in [-0.15, -0.1) is 0 Å². The second kappa shape index (κ2) is 9.06. The van der Waals surface area contributed by atoms with Crippen molar-refractivity contribution in [1.29, 1.82) is 0 Å². The smallest absolute Gasteiger partial charge is 0.273 e. The molecule has 1 aromatic carbocycles. The van der Waals surface area contributed by atoms with Crippen LogP contribution >= 0.6 is 22.6 Å². The summed E-state index contributed by atoms with van der Waals surface area (Å²) in [5.74, 6) is 0.0101. The van der Waals surface area contributed by atoms with E-state index in [-0.39, 0.29) is 23.8 Å². The lowest BCUT2D eigenvalue weighted by atomic mass is 9.68. The molecule has 0 spiro atoms. The summed E-state index contributed by atoms with van der Waals surface area (Å²) in [7, 11) is 1.82. The molecule has 1 saturated carbocycles. The van der Waals surface area contributed by atoms with Gasteiger partial charge in [0, 0.05) is 31.4 Å². The number of carbonyl (C=O) groups excluding carboxylic acids is 3. The van der Waals surface area contributed by atoms with Gasteiger partial charge in [-0.25, -0.2) is 4.98 Å². The molecule has 3 N–H and O–H groups in total. The molecule has 1 aliphatic carbocycles. The second-order valence-electron chi connectivity index (χ2n) is 9.13. The summed E-state index contributed by atoms with van der Waals surface area (Å²) in [6.07, 6.45) is 3.55. The van der Waals surface area contributed by atoms with E-state index in [1.54, 1.807) is 10.7 Å². The number of hydrogen-bond acceptors (Lipinski definition) is 5. The summed E-state index contributed by atoms with van der Waals surface area (Å²) >= 11 is 2.15. The minimum Gasteiger partial charge on any atom is -0.349 e. The lowest BCUT2D eigenvalue weighted by Crippen LogP contribution is -2.61. The van der Waals surface area contributed by atoms with Gasteiger partial charge >= 0.3 is 0 Å². The van der Waals surface area contributed by atoms with Crippen molar-refractivity contribution in [3.8, 4) is 0 Å². The molecule has 180 valence electrons. The zero-order valence-corrected chi connectivity index (χ0v) is 21.5. The van der Waals surface area contributed by atoms with Gasteiger partial charge in [0.25, 0.3) is 11.8 Å². The number of anilines is 1.